The third-order valence-corrected chi connectivity index (χ3v) is 9.02. The molecule has 0 radical (unpaired) electrons. The van der Waals surface area contributed by atoms with E-state index in [1.54, 1.807) is 21.7 Å². The Bertz CT molecular complexity index is 1000. The number of thiophene rings is 1. The topological polar surface area (TPSA) is 54.7 Å². The Morgan fingerprint density at radius 2 is 1.85 bits per heavy atom. The summed E-state index contributed by atoms with van der Waals surface area (Å²) >= 11 is 2.89. The number of thiazole rings is 1. The highest BCUT2D eigenvalue weighted by Crippen LogP contribution is 2.32. The number of rotatable bonds is 5. The maximum absolute atomic E-state index is 13.0. The van der Waals surface area contributed by atoms with Gasteiger partial charge in [-0.05, 0) is 19.1 Å². The molecule has 27 heavy (non-hydrogen) atoms. The zero-order valence-electron chi connectivity index (χ0n) is 15.1. The van der Waals surface area contributed by atoms with Crippen molar-refractivity contribution < 1.29 is 13.3 Å². The molecule has 3 aromatic rings. The zero-order chi connectivity index (χ0) is 18.9. The molecule has 2 aromatic heterocycles. The molecular weight excluding hydrogens is 398 g/mol. The summed E-state index contributed by atoms with van der Waals surface area (Å²) in [5, 5.41) is 2.96. The van der Waals surface area contributed by atoms with E-state index in [4.69, 9.17) is 0 Å². The first kappa shape index (κ1) is 18.8. The van der Waals surface area contributed by atoms with E-state index in [1.807, 2.05) is 36.6 Å². The minimum atomic E-state index is -3.42. The third kappa shape index (κ3) is 4.14. The number of nitrogens with zero attached hydrogens (tertiary/aromatic N) is 2. The molecule has 0 atom stereocenters. The number of hydrogen-bond acceptors (Lipinski definition) is 5. The smallest absolute Gasteiger partial charge is 0.252 e. The summed E-state index contributed by atoms with van der Waals surface area (Å²) in [5.41, 5.74) is 2.16. The average molecular weight is 421 g/mol. The average Bonchev–Trinajstić information content (AvgIpc) is 3.32. The second-order valence-electron chi connectivity index (χ2n) is 6.69. The Kier molecular flexibility index (Phi) is 5.43. The molecule has 3 heterocycles. The fraction of sp³-hybridized carbons (Fsp3) is 0.316. The van der Waals surface area contributed by atoms with E-state index in [9.17, 15) is 8.42 Å². The number of benzene rings is 1. The lowest BCUT2D eigenvalue weighted by Crippen LogP contribution is -3.13. The molecular formula is C19H22N3O2S3+. The number of aromatic nitrogens is 1. The van der Waals surface area contributed by atoms with E-state index in [2.05, 4.69) is 17.1 Å². The first-order valence-corrected chi connectivity index (χ1v) is 12.1. The lowest BCUT2D eigenvalue weighted by atomic mass is 10.2. The summed E-state index contributed by atoms with van der Waals surface area (Å²) in [6.45, 7) is 5.69. The molecule has 1 aliphatic heterocycles. The van der Waals surface area contributed by atoms with E-state index >= 15 is 0 Å². The number of aryl methyl sites for hydroxylation is 1. The molecule has 1 saturated heterocycles. The molecule has 1 aliphatic rings. The monoisotopic (exact) mass is 420 g/mol. The van der Waals surface area contributed by atoms with Crippen molar-refractivity contribution in [1.82, 2.24) is 9.29 Å². The van der Waals surface area contributed by atoms with Crippen LogP contribution < -0.4 is 4.90 Å². The van der Waals surface area contributed by atoms with Gasteiger partial charge in [0.05, 0.1) is 41.8 Å². The Balaban J connectivity index is 1.42. The molecule has 1 fully saturated rings. The summed E-state index contributed by atoms with van der Waals surface area (Å²) < 4.78 is 28.1. The van der Waals surface area contributed by atoms with Crippen LogP contribution in [-0.2, 0) is 16.6 Å². The Morgan fingerprint density at radius 3 is 2.52 bits per heavy atom. The molecule has 0 amide bonds. The predicted octanol–water partition coefficient (Wildman–Crippen LogP) is 2.27. The normalized spacial score (nSPS) is 16.6. The van der Waals surface area contributed by atoms with Gasteiger partial charge in [-0.3, -0.25) is 0 Å². The molecule has 1 N–H and O–H groups in total. The molecule has 0 aliphatic carbocycles. The molecule has 5 nitrogen and oxygen atoms in total. The van der Waals surface area contributed by atoms with Crippen LogP contribution >= 0.6 is 22.7 Å². The van der Waals surface area contributed by atoms with Crippen molar-refractivity contribution >= 4 is 32.7 Å². The second-order valence-corrected chi connectivity index (χ2v) is 11.0. The van der Waals surface area contributed by atoms with Crippen LogP contribution in [0.3, 0.4) is 0 Å². The molecule has 0 unspecified atom stereocenters. The largest absolute Gasteiger partial charge is 0.329 e. The number of hydrogen-bond donors (Lipinski definition) is 1. The summed E-state index contributed by atoms with van der Waals surface area (Å²) in [7, 11) is -3.42. The van der Waals surface area contributed by atoms with E-state index in [1.165, 1.54) is 21.8 Å². The lowest BCUT2D eigenvalue weighted by Gasteiger charge is -2.31. The van der Waals surface area contributed by atoms with Gasteiger partial charge in [-0.1, -0.05) is 30.3 Å². The standard InChI is InChI=1S/C19H21N3O2S3/c1-15-20-17(14-25-15)18-7-8-19(26-18)27(23,24)22-11-9-21(10-12-22)13-16-5-3-2-4-6-16/h2-8,14H,9-13H2,1H3/p+1. The highest BCUT2D eigenvalue weighted by Gasteiger charge is 2.31. The Labute approximate surface area is 168 Å². The van der Waals surface area contributed by atoms with Crippen LogP contribution in [0.2, 0.25) is 0 Å². The van der Waals surface area contributed by atoms with Crippen molar-refractivity contribution in [2.24, 2.45) is 0 Å². The second kappa shape index (κ2) is 7.81. The van der Waals surface area contributed by atoms with Gasteiger partial charge < -0.3 is 4.90 Å². The Hall–Kier alpha value is -1.58. The summed E-state index contributed by atoms with van der Waals surface area (Å²) in [6, 6.07) is 14.0. The number of sulfonamides is 1. The first-order chi connectivity index (χ1) is 13.0. The predicted molar refractivity (Wildman–Crippen MR) is 110 cm³/mol. The van der Waals surface area contributed by atoms with Crippen LogP contribution in [0.5, 0.6) is 0 Å². The minimum Gasteiger partial charge on any atom is -0.329 e. The van der Waals surface area contributed by atoms with Crippen molar-refractivity contribution in [2.75, 3.05) is 26.2 Å². The van der Waals surface area contributed by atoms with Crippen molar-refractivity contribution in [1.29, 1.82) is 0 Å². The summed E-state index contributed by atoms with van der Waals surface area (Å²) in [4.78, 5) is 6.79. The summed E-state index contributed by atoms with van der Waals surface area (Å²) in [6.07, 6.45) is 0. The van der Waals surface area contributed by atoms with Gasteiger partial charge in [0.2, 0.25) is 0 Å². The minimum absolute atomic E-state index is 0.412. The van der Waals surface area contributed by atoms with Gasteiger partial charge in [-0.15, -0.1) is 22.7 Å². The summed E-state index contributed by atoms with van der Waals surface area (Å²) in [5.74, 6) is 0. The maximum atomic E-state index is 13.0. The maximum Gasteiger partial charge on any atom is 0.252 e. The zero-order valence-corrected chi connectivity index (χ0v) is 17.5. The molecule has 0 spiro atoms. The van der Waals surface area contributed by atoms with Crippen LogP contribution in [0.15, 0.2) is 52.1 Å². The molecule has 0 saturated carbocycles. The van der Waals surface area contributed by atoms with Gasteiger partial charge in [-0.25, -0.2) is 13.4 Å². The molecule has 1 aromatic carbocycles. The van der Waals surface area contributed by atoms with E-state index in [0.717, 1.165) is 35.2 Å². The van der Waals surface area contributed by atoms with Gasteiger partial charge in [0.1, 0.15) is 10.8 Å². The van der Waals surface area contributed by atoms with E-state index in [0.29, 0.717) is 17.3 Å². The van der Waals surface area contributed by atoms with Gasteiger partial charge in [0.25, 0.3) is 10.0 Å². The van der Waals surface area contributed by atoms with Crippen LogP contribution in [0.4, 0.5) is 0 Å². The number of piperazine rings is 1. The van der Waals surface area contributed by atoms with Crippen molar-refractivity contribution in [3.05, 3.63) is 58.4 Å². The lowest BCUT2D eigenvalue weighted by molar-refractivity contribution is -0.917. The van der Waals surface area contributed by atoms with Crippen LogP contribution in [-0.4, -0.2) is 43.9 Å². The quantitative estimate of drug-likeness (QED) is 0.689. The molecule has 142 valence electrons. The first-order valence-electron chi connectivity index (χ1n) is 8.92. The van der Waals surface area contributed by atoms with E-state index < -0.39 is 10.0 Å². The molecule has 4 rings (SSSR count). The van der Waals surface area contributed by atoms with Crippen LogP contribution in [0.25, 0.3) is 10.6 Å². The van der Waals surface area contributed by atoms with Crippen molar-refractivity contribution in [3.63, 3.8) is 0 Å². The van der Waals surface area contributed by atoms with Gasteiger partial charge in [-0.2, -0.15) is 4.31 Å². The highest BCUT2D eigenvalue weighted by molar-refractivity contribution is 7.91. The SMILES string of the molecule is Cc1nc(-c2ccc(S(=O)(=O)N3CC[NH+](Cc4ccccc4)CC3)s2)cs1. The number of quaternary nitrogens is 1. The van der Waals surface area contributed by atoms with Crippen LogP contribution in [0.1, 0.15) is 10.6 Å². The Morgan fingerprint density at radius 1 is 1.11 bits per heavy atom. The highest BCUT2D eigenvalue weighted by atomic mass is 32.2. The fourth-order valence-electron chi connectivity index (χ4n) is 3.30. The van der Waals surface area contributed by atoms with Gasteiger partial charge in [0.15, 0.2) is 0 Å². The number of nitrogens with one attached hydrogen (secondary N) is 1. The fourth-order valence-corrected chi connectivity index (χ4v) is 6.85. The third-order valence-electron chi connectivity index (χ3n) is 4.77. The van der Waals surface area contributed by atoms with Crippen molar-refractivity contribution in [2.45, 2.75) is 17.7 Å². The van der Waals surface area contributed by atoms with Gasteiger partial charge in [0, 0.05) is 10.9 Å². The molecule has 0 bridgehead atoms. The van der Waals surface area contributed by atoms with E-state index in [-0.39, 0.29) is 0 Å². The molecule has 8 heteroatoms. The van der Waals surface area contributed by atoms with Gasteiger partial charge >= 0.3 is 0 Å². The van der Waals surface area contributed by atoms with Crippen molar-refractivity contribution in [3.8, 4) is 10.6 Å². The van der Waals surface area contributed by atoms with Crippen LogP contribution in [0, 0.1) is 6.92 Å².